The minimum Gasteiger partial charge on any atom is -0.465 e. The Morgan fingerprint density at radius 1 is 1.73 bits per heavy atom. The van der Waals surface area contributed by atoms with Crippen molar-refractivity contribution in [3.05, 3.63) is 30.2 Å². The van der Waals surface area contributed by atoms with Crippen molar-refractivity contribution in [3.8, 4) is 0 Å². The van der Waals surface area contributed by atoms with Gasteiger partial charge in [-0.2, -0.15) is 0 Å². The van der Waals surface area contributed by atoms with Gasteiger partial charge in [0.15, 0.2) is 0 Å². The highest BCUT2D eigenvalue weighted by molar-refractivity contribution is 5.42. The van der Waals surface area contributed by atoms with Crippen molar-refractivity contribution >= 4 is 6.08 Å². The van der Waals surface area contributed by atoms with Crippen LogP contribution in [0.5, 0.6) is 0 Å². The Morgan fingerprint density at radius 2 is 2.55 bits per heavy atom. The first-order valence-corrected chi connectivity index (χ1v) is 3.72. The molecule has 1 N–H and O–H groups in total. The summed E-state index contributed by atoms with van der Waals surface area (Å²) in [5.41, 5.74) is 0. The third-order valence-electron chi connectivity index (χ3n) is 1.44. The minimum atomic E-state index is -0.361. The molecule has 11 heavy (non-hydrogen) atoms. The average Bonchev–Trinajstić information content (AvgIpc) is 2.52. The van der Waals surface area contributed by atoms with Crippen LogP contribution in [-0.2, 0) is 0 Å². The highest BCUT2D eigenvalue weighted by atomic mass is 16.3. The van der Waals surface area contributed by atoms with Crippen LogP contribution in [0, 0.1) is 0 Å². The van der Waals surface area contributed by atoms with Crippen molar-refractivity contribution in [1.82, 2.24) is 0 Å². The lowest BCUT2D eigenvalue weighted by atomic mass is 10.2. The van der Waals surface area contributed by atoms with Crippen molar-refractivity contribution in [1.29, 1.82) is 0 Å². The topological polar surface area (TPSA) is 33.4 Å². The Morgan fingerprint density at radius 3 is 3.09 bits per heavy atom. The van der Waals surface area contributed by atoms with Crippen molar-refractivity contribution in [2.24, 2.45) is 0 Å². The van der Waals surface area contributed by atoms with Crippen LogP contribution >= 0.6 is 0 Å². The summed E-state index contributed by atoms with van der Waals surface area (Å²) in [5.74, 6) is 0.775. The largest absolute Gasteiger partial charge is 0.465 e. The Hall–Kier alpha value is -1.02. The molecule has 0 aliphatic carbocycles. The van der Waals surface area contributed by atoms with E-state index in [1.165, 1.54) is 0 Å². The van der Waals surface area contributed by atoms with Gasteiger partial charge in [-0.05, 0) is 24.6 Å². The number of furan rings is 1. The fraction of sp³-hybridized carbons (Fsp3) is 0.333. The molecule has 0 radical (unpaired) electrons. The molecule has 2 heteroatoms. The van der Waals surface area contributed by atoms with E-state index in [0.29, 0.717) is 0 Å². The van der Waals surface area contributed by atoms with Gasteiger partial charge < -0.3 is 9.52 Å². The fourth-order valence-electron chi connectivity index (χ4n) is 0.728. The van der Waals surface area contributed by atoms with Gasteiger partial charge in [-0.25, -0.2) is 0 Å². The molecule has 60 valence electrons. The molecule has 1 rings (SSSR count). The Labute approximate surface area is 66.2 Å². The zero-order valence-electron chi connectivity index (χ0n) is 6.53. The van der Waals surface area contributed by atoms with Crippen LogP contribution < -0.4 is 0 Å². The van der Waals surface area contributed by atoms with Gasteiger partial charge in [0.1, 0.15) is 5.76 Å². The van der Waals surface area contributed by atoms with Crippen molar-refractivity contribution in [2.45, 2.75) is 19.4 Å². The van der Waals surface area contributed by atoms with Crippen LogP contribution in [0.4, 0.5) is 0 Å². The first kappa shape index (κ1) is 8.08. The molecule has 1 aromatic rings. The monoisotopic (exact) mass is 152 g/mol. The quantitative estimate of drug-likeness (QED) is 0.719. The summed E-state index contributed by atoms with van der Waals surface area (Å²) in [7, 11) is 0. The van der Waals surface area contributed by atoms with Gasteiger partial charge in [0, 0.05) is 0 Å². The second kappa shape index (κ2) is 3.98. The van der Waals surface area contributed by atoms with Crippen LogP contribution in [0.2, 0.25) is 0 Å². The van der Waals surface area contributed by atoms with E-state index < -0.39 is 0 Å². The van der Waals surface area contributed by atoms with E-state index in [2.05, 4.69) is 0 Å². The summed E-state index contributed by atoms with van der Waals surface area (Å²) in [6.07, 6.45) is 5.47. The zero-order chi connectivity index (χ0) is 8.10. The Kier molecular flexibility index (Phi) is 2.93. The molecule has 1 aromatic heterocycles. The van der Waals surface area contributed by atoms with E-state index >= 15 is 0 Å². The normalized spacial score (nSPS) is 14.0. The van der Waals surface area contributed by atoms with Crippen LogP contribution in [0.15, 0.2) is 28.9 Å². The number of hydrogen-bond donors (Lipinski definition) is 1. The van der Waals surface area contributed by atoms with E-state index in [0.717, 1.165) is 12.2 Å². The van der Waals surface area contributed by atoms with E-state index in [4.69, 9.17) is 9.52 Å². The predicted octanol–water partition coefficient (Wildman–Crippen LogP) is 2.06. The predicted molar refractivity (Wildman–Crippen MR) is 44.0 cm³/mol. The molecule has 1 heterocycles. The van der Waals surface area contributed by atoms with E-state index in [1.807, 2.05) is 19.1 Å². The summed E-state index contributed by atoms with van der Waals surface area (Å²) < 4.78 is 5.03. The molecule has 0 fully saturated rings. The molecule has 2 nitrogen and oxygen atoms in total. The first-order chi connectivity index (χ1) is 5.33. The summed E-state index contributed by atoms with van der Waals surface area (Å²) in [6, 6.07) is 3.66. The summed E-state index contributed by atoms with van der Waals surface area (Å²) in [5, 5.41) is 9.13. The summed E-state index contributed by atoms with van der Waals surface area (Å²) >= 11 is 0. The third-order valence-corrected chi connectivity index (χ3v) is 1.44. The van der Waals surface area contributed by atoms with Crippen molar-refractivity contribution in [3.63, 3.8) is 0 Å². The highest BCUT2D eigenvalue weighted by Crippen LogP contribution is 2.03. The number of aliphatic hydroxyl groups excluding tert-OH is 1. The molecule has 0 aliphatic rings. The second-order valence-corrected chi connectivity index (χ2v) is 2.35. The maximum absolute atomic E-state index is 9.13. The van der Waals surface area contributed by atoms with Crippen LogP contribution in [0.3, 0.4) is 0 Å². The standard InChI is InChI=1S/C9H12O2/c1-2-8(10)5-6-9-4-3-7-11-9/h3-8,10H,2H2,1H3. The first-order valence-electron chi connectivity index (χ1n) is 3.72. The number of rotatable bonds is 3. The Bertz CT molecular complexity index is 211. The summed E-state index contributed by atoms with van der Waals surface area (Å²) in [4.78, 5) is 0. The lowest BCUT2D eigenvalue weighted by molar-refractivity contribution is 0.220. The second-order valence-electron chi connectivity index (χ2n) is 2.35. The number of aliphatic hydroxyl groups is 1. The minimum absolute atomic E-state index is 0.361. The molecule has 0 spiro atoms. The third kappa shape index (κ3) is 2.60. The number of hydrogen-bond acceptors (Lipinski definition) is 2. The molecule has 0 aromatic carbocycles. The van der Waals surface area contributed by atoms with Gasteiger partial charge in [0.2, 0.25) is 0 Å². The van der Waals surface area contributed by atoms with Crippen LogP contribution in [-0.4, -0.2) is 11.2 Å². The molecule has 0 aliphatic heterocycles. The van der Waals surface area contributed by atoms with Crippen molar-refractivity contribution < 1.29 is 9.52 Å². The van der Waals surface area contributed by atoms with Gasteiger partial charge in [0.05, 0.1) is 12.4 Å². The summed E-state index contributed by atoms with van der Waals surface area (Å²) in [6.45, 7) is 1.93. The van der Waals surface area contributed by atoms with Gasteiger partial charge in [-0.15, -0.1) is 0 Å². The average molecular weight is 152 g/mol. The molecular formula is C9H12O2. The fourth-order valence-corrected chi connectivity index (χ4v) is 0.728. The molecule has 0 saturated heterocycles. The zero-order valence-corrected chi connectivity index (χ0v) is 6.53. The maximum atomic E-state index is 9.13. The molecular weight excluding hydrogens is 140 g/mol. The molecule has 1 unspecified atom stereocenters. The van der Waals surface area contributed by atoms with E-state index in [-0.39, 0.29) is 6.10 Å². The van der Waals surface area contributed by atoms with Gasteiger partial charge in [-0.1, -0.05) is 13.0 Å². The van der Waals surface area contributed by atoms with Crippen molar-refractivity contribution in [2.75, 3.05) is 0 Å². The van der Waals surface area contributed by atoms with Crippen LogP contribution in [0.25, 0.3) is 6.08 Å². The molecule has 0 saturated carbocycles. The SMILES string of the molecule is CCC(O)C=Cc1ccco1. The van der Waals surface area contributed by atoms with Crippen LogP contribution in [0.1, 0.15) is 19.1 Å². The van der Waals surface area contributed by atoms with Gasteiger partial charge in [-0.3, -0.25) is 0 Å². The van der Waals surface area contributed by atoms with Gasteiger partial charge in [0.25, 0.3) is 0 Å². The molecule has 0 bridgehead atoms. The smallest absolute Gasteiger partial charge is 0.126 e. The van der Waals surface area contributed by atoms with E-state index in [1.54, 1.807) is 18.4 Å². The lowest BCUT2D eigenvalue weighted by Crippen LogP contribution is -1.97. The lowest BCUT2D eigenvalue weighted by Gasteiger charge is -1.96. The Balaban J connectivity index is 2.48. The molecule has 0 amide bonds. The van der Waals surface area contributed by atoms with Gasteiger partial charge >= 0.3 is 0 Å². The molecule has 1 atom stereocenters. The van der Waals surface area contributed by atoms with E-state index in [9.17, 15) is 0 Å². The highest BCUT2D eigenvalue weighted by Gasteiger charge is 1.93. The maximum Gasteiger partial charge on any atom is 0.126 e.